The van der Waals surface area contributed by atoms with Crippen LogP contribution in [0, 0.1) is 0 Å². The van der Waals surface area contributed by atoms with Crippen molar-refractivity contribution in [3.8, 4) is 0 Å². The molecule has 0 fully saturated rings. The highest BCUT2D eigenvalue weighted by Crippen LogP contribution is 2.22. The van der Waals surface area contributed by atoms with E-state index < -0.39 is 10.0 Å². The van der Waals surface area contributed by atoms with E-state index in [4.69, 9.17) is 27.9 Å². The number of ether oxygens (including phenoxy) is 1. The zero-order valence-corrected chi connectivity index (χ0v) is 14.9. The number of sulfonamides is 1. The summed E-state index contributed by atoms with van der Waals surface area (Å²) in [5.74, 6) is 0. The fraction of sp³-hybridized carbons (Fsp3) is 0.250. The molecule has 124 valence electrons. The normalized spacial score (nSPS) is 11.6. The lowest BCUT2D eigenvalue weighted by Gasteiger charge is -2.09. The van der Waals surface area contributed by atoms with Crippen LogP contribution < -0.4 is 4.72 Å². The summed E-state index contributed by atoms with van der Waals surface area (Å²) in [5, 5.41) is 0.552. The Balaban J connectivity index is 2.04. The fourth-order valence-corrected chi connectivity index (χ4v) is 3.66. The molecule has 2 aromatic rings. The minimum absolute atomic E-state index is 0.0444. The quantitative estimate of drug-likeness (QED) is 0.797. The first-order valence-corrected chi connectivity index (χ1v) is 9.26. The van der Waals surface area contributed by atoms with E-state index in [9.17, 15) is 8.42 Å². The number of hydrogen-bond donors (Lipinski definition) is 1. The fourth-order valence-electron chi connectivity index (χ4n) is 1.92. The van der Waals surface area contributed by atoms with Crippen LogP contribution in [0.25, 0.3) is 0 Å². The van der Waals surface area contributed by atoms with Gasteiger partial charge in [0.25, 0.3) is 0 Å². The molecule has 2 aromatic carbocycles. The van der Waals surface area contributed by atoms with Crippen molar-refractivity contribution in [2.24, 2.45) is 0 Å². The van der Waals surface area contributed by atoms with Crippen molar-refractivity contribution in [1.29, 1.82) is 0 Å². The van der Waals surface area contributed by atoms with Gasteiger partial charge in [-0.15, -0.1) is 0 Å². The highest BCUT2D eigenvalue weighted by Gasteiger charge is 2.15. The molecule has 0 heterocycles. The molecule has 0 atom stereocenters. The highest BCUT2D eigenvalue weighted by atomic mass is 35.5. The topological polar surface area (TPSA) is 55.4 Å². The Kier molecular flexibility index (Phi) is 6.44. The van der Waals surface area contributed by atoms with Gasteiger partial charge in [-0.2, -0.15) is 0 Å². The predicted molar refractivity (Wildman–Crippen MR) is 92.3 cm³/mol. The SMILES string of the molecule is CCOCc1ccc(CNS(=O)(=O)c2cc(Cl)cc(Cl)c2)cc1. The summed E-state index contributed by atoms with van der Waals surface area (Å²) in [4.78, 5) is 0.0444. The number of rotatable bonds is 7. The third-order valence-corrected chi connectivity index (χ3v) is 4.93. The molecule has 0 aliphatic rings. The maximum Gasteiger partial charge on any atom is 0.240 e. The summed E-state index contributed by atoms with van der Waals surface area (Å²) in [7, 11) is -3.67. The predicted octanol–water partition coefficient (Wildman–Crippen LogP) is 4.01. The van der Waals surface area contributed by atoms with E-state index in [0.29, 0.717) is 13.2 Å². The van der Waals surface area contributed by atoms with Gasteiger partial charge in [0, 0.05) is 23.2 Å². The minimum atomic E-state index is -3.67. The Bertz CT molecular complexity index is 741. The van der Waals surface area contributed by atoms with Crippen LogP contribution in [0.3, 0.4) is 0 Å². The second kappa shape index (κ2) is 8.13. The molecule has 0 unspecified atom stereocenters. The number of halogens is 2. The summed E-state index contributed by atoms with van der Waals surface area (Å²) in [6, 6.07) is 11.8. The number of benzene rings is 2. The number of nitrogens with one attached hydrogen (secondary N) is 1. The van der Waals surface area contributed by atoms with Gasteiger partial charge in [0.05, 0.1) is 11.5 Å². The van der Waals surface area contributed by atoms with Crippen molar-refractivity contribution in [1.82, 2.24) is 4.72 Å². The third-order valence-electron chi connectivity index (χ3n) is 3.11. The molecule has 0 saturated carbocycles. The zero-order chi connectivity index (χ0) is 16.9. The molecule has 23 heavy (non-hydrogen) atoms. The summed E-state index contributed by atoms with van der Waals surface area (Å²) >= 11 is 11.7. The molecular formula is C16H17Cl2NO3S. The van der Waals surface area contributed by atoms with Gasteiger partial charge in [-0.3, -0.25) is 0 Å². The summed E-state index contributed by atoms with van der Waals surface area (Å²) in [6.07, 6.45) is 0. The molecule has 2 rings (SSSR count). The van der Waals surface area contributed by atoms with Gasteiger partial charge in [0.2, 0.25) is 10.0 Å². The molecule has 4 nitrogen and oxygen atoms in total. The first kappa shape index (κ1) is 18.2. The van der Waals surface area contributed by atoms with Crippen molar-refractivity contribution >= 4 is 33.2 Å². The molecule has 0 radical (unpaired) electrons. The van der Waals surface area contributed by atoms with Crippen molar-refractivity contribution in [2.45, 2.75) is 25.0 Å². The Morgan fingerprint density at radius 3 is 2.13 bits per heavy atom. The third kappa shape index (κ3) is 5.48. The second-order valence-corrected chi connectivity index (χ2v) is 7.52. The van der Waals surface area contributed by atoms with Crippen LogP contribution in [-0.2, 0) is 27.9 Å². The molecule has 0 bridgehead atoms. The lowest BCUT2D eigenvalue weighted by Crippen LogP contribution is -2.23. The molecule has 7 heteroatoms. The van der Waals surface area contributed by atoms with Crippen LogP contribution in [0.2, 0.25) is 10.0 Å². The standard InChI is InChI=1S/C16H17Cl2NO3S/c1-2-22-11-13-5-3-12(4-6-13)10-19-23(20,21)16-8-14(17)7-15(18)9-16/h3-9,19H,2,10-11H2,1H3. The van der Waals surface area contributed by atoms with Gasteiger partial charge in [0.1, 0.15) is 0 Å². The van der Waals surface area contributed by atoms with E-state index in [0.717, 1.165) is 11.1 Å². The van der Waals surface area contributed by atoms with Crippen LogP contribution >= 0.6 is 23.2 Å². The molecule has 0 aromatic heterocycles. The van der Waals surface area contributed by atoms with Gasteiger partial charge in [-0.1, -0.05) is 47.5 Å². The van der Waals surface area contributed by atoms with E-state index in [1.807, 2.05) is 31.2 Å². The summed E-state index contributed by atoms with van der Waals surface area (Å²) in [5.41, 5.74) is 1.89. The van der Waals surface area contributed by atoms with Crippen LogP contribution in [-0.4, -0.2) is 15.0 Å². The number of hydrogen-bond acceptors (Lipinski definition) is 3. The van der Waals surface area contributed by atoms with Crippen molar-refractivity contribution in [2.75, 3.05) is 6.61 Å². The van der Waals surface area contributed by atoms with Crippen LogP contribution in [0.4, 0.5) is 0 Å². The smallest absolute Gasteiger partial charge is 0.240 e. The first-order chi connectivity index (χ1) is 10.9. The monoisotopic (exact) mass is 373 g/mol. The van der Waals surface area contributed by atoms with Crippen LogP contribution in [0.1, 0.15) is 18.1 Å². The molecular weight excluding hydrogens is 357 g/mol. The van der Waals surface area contributed by atoms with Gasteiger partial charge in [0.15, 0.2) is 0 Å². The lowest BCUT2D eigenvalue weighted by molar-refractivity contribution is 0.134. The van der Waals surface area contributed by atoms with Crippen LogP contribution in [0.5, 0.6) is 0 Å². The average Bonchev–Trinajstić information content (AvgIpc) is 2.51. The van der Waals surface area contributed by atoms with E-state index in [2.05, 4.69) is 4.72 Å². The van der Waals surface area contributed by atoms with Gasteiger partial charge < -0.3 is 4.74 Å². The van der Waals surface area contributed by atoms with Crippen molar-refractivity contribution < 1.29 is 13.2 Å². The zero-order valence-electron chi connectivity index (χ0n) is 12.6. The van der Waals surface area contributed by atoms with Gasteiger partial charge in [-0.25, -0.2) is 13.1 Å². The van der Waals surface area contributed by atoms with E-state index >= 15 is 0 Å². The Labute approximate surface area is 146 Å². The molecule has 0 amide bonds. The van der Waals surface area contributed by atoms with Crippen LogP contribution in [0.15, 0.2) is 47.4 Å². The van der Waals surface area contributed by atoms with Gasteiger partial charge >= 0.3 is 0 Å². The largest absolute Gasteiger partial charge is 0.377 e. The highest BCUT2D eigenvalue weighted by molar-refractivity contribution is 7.89. The molecule has 0 saturated heterocycles. The van der Waals surface area contributed by atoms with E-state index in [1.165, 1.54) is 18.2 Å². The average molecular weight is 374 g/mol. The van der Waals surface area contributed by atoms with E-state index in [-0.39, 0.29) is 21.5 Å². The summed E-state index contributed by atoms with van der Waals surface area (Å²) < 4.78 is 32.4. The first-order valence-electron chi connectivity index (χ1n) is 7.02. The molecule has 0 aliphatic heterocycles. The molecule has 0 spiro atoms. The second-order valence-electron chi connectivity index (χ2n) is 4.88. The van der Waals surface area contributed by atoms with E-state index in [1.54, 1.807) is 0 Å². The maximum atomic E-state index is 12.3. The minimum Gasteiger partial charge on any atom is -0.377 e. The summed E-state index contributed by atoms with van der Waals surface area (Å²) in [6.45, 7) is 3.32. The Morgan fingerprint density at radius 2 is 1.57 bits per heavy atom. The van der Waals surface area contributed by atoms with Crippen molar-refractivity contribution in [3.63, 3.8) is 0 Å². The van der Waals surface area contributed by atoms with Gasteiger partial charge in [-0.05, 0) is 36.2 Å². The maximum absolute atomic E-state index is 12.3. The molecule has 1 N–H and O–H groups in total. The Morgan fingerprint density at radius 1 is 1.00 bits per heavy atom. The Hall–Kier alpha value is -1.11. The lowest BCUT2D eigenvalue weighted by atomic mass is 10.1. The van der Waals surface area contributed by atoms with Crippen molar-refractivity contribution in [3.05, 3.63) is 63.6 Å². The molecule has 0 aliphatic carbocycles.